The minimum Gasteiger partial charge on any atom is -0.314 e. The summed E-state index contributed by atoms with van der Waals surface area (Å²) in [5, 5.41) is 18.4. The van der Waals surface area contributed by atoms with Crippen LogP contribution in [-0.2, 0) is 0 Å². The molecule has 5 rings (SSSR count). The number of aryl methyl sites for hydroxylation is 1. The van der Waals surface area contributed by atoms with Crippen LogP contribution in [0.15, 0.2) is 70.9 Å². The van der Waals surface area contributed by atoms with Gasteiger partial charge in [0.1, 0.15) is 11.6 Å². The first-order chi connectivity index (χ1) is 17.9. The third-order valence-corrected chi connectivity index (χ3v) is 6.91. The van der Waals surface area contributed by atoms with Crippen LogP contribution >= 0.6 is 0 Å². The van der Waals surface area contributed by atoms with E-state index in [1.807, 2.05) is 25.1 Å². The molecule has 1 unspecified atom stereocenters. The van der Waals surface area contributed by atoms with Crippen molar-refractivity contribution in [1.29, 1.82) is 5.26 Å². The minimum atomic E-state index is -0.378. The quantitative estimate of drug-likeness (QED) is 0.384. The molecule has 3 heterocycles. The lowest BCUT2D eigenvalue weighted by atomic mass is 10.0. The summed E-state index contributed by atoms with van der Waals surface area (Å²) in [4.78, 5) is 20.5. The second-order valence-corrected chi connectivity index (χ2v) is 9.14. The van der Waals surface area contributed by atoms with Crippen molar-refractivity contribution in [3.05, 3.63) is 94.5 Å². The van der Waals surface area contributed by atoms with Crippen LogP contribution in [0.1, 0.15) is 73.1 Å². The first-order valence-electron chi connectivity index (χ1n) is 12.5. The van der Waals surface area contributed by atoms with E-state index in [0.29, 0.717) is 29.1 Å². The van der Waals surface area contributed by atoms with E-state index in [0.717, 1.165) is 41.4 Å². The molecule has 186 valence electrons. The zero-order valence-corrected chi connectivity index (χ0v) is 21.1. The Balaban J connectivity index is 1.67. The average Bonchev–Trinajstić information content (AvgIpc) is 3.20. The molecule has 0 bridgehead atoms. The van der Waals surface area contributed by atoms with Crippen molar-refractivity contribution in [2.45, 2.75) is 52.5 Å². The van der Waals surface area contributed by atoms with Gasteiger partial charge in [0.15, 0.2) is 17.4 Å². The normalized spacial score (nSPS) is 16.8. The van der Waals surface area contributed by atoms with Gasteiger partial charge in [-0.3, -0.25) is 9.36 Å². The number of carbonyl (C=O) groups excluding carboxylic acids is 1. The molecule has 37 heavy (non-hydrogen) atoms. The number of hydrogen-bond acceptors (Lipinski definition) is 6. The maximum absolute atomic E-state index is 13.4. The number of aliphatic imine (C=N–C) groups is 1. The van der Waals surface area contributed by atoms with Gasteiger partial charge < -0.3 is 4.90 Å². The number of benzene rings is 2. The van der Waals surface area contributed by atoms with E-state index in [4.69, 9.17) is 4.99 Å². The van der Waals surface area contributed by atoms with Crippen LogP contribution in [0.25, 0.3) is 5.70 Å². The highest BCUT2D eigenvalue weighted by atomic mass is 19.1. The Morgan fingerprint density at radius 1 is 1.16 bits per heavy atom. The van der Waals surface area contributed by atoms with Gasteiger partial charge in [-0.15, -0.1) is 10.2 Å². The summed E-state index contributed by atoms with van der Waals surface area (Å²) >= 11 is 0. The third-order valence-electron chi connectivity index (χ3n) is 6.91. The number of carbonyl (C=O) groups is 1. The summed E-state index contributed by atoms with van der Waals surface area (Å²) in [6.07, 6.45) is 4.33. The molecule has 2 aromatic carbocycles. The zero-order valence-electron chi connectivity index (χ0n) is 21.1. The van der Waals surface area contributed by atoms with E-state index in [2.05, 4.69) is 45.7 Å². The number of hydrogen-bond donors (Lipinski definition) is 0. The molecule has 0 saturated heterocycles. The summed E-state index contributed by atoms with van der Waals surface area (Å²) in [5.41, 5.74) is 4.46. The molecule has 0 spiro atoms. The molecule has 0 fully saturated rings. The van der Waals surface area contributed by atoms with Gasteiger partial charge in [-0.25, -0.2) is 9.38 Å². The van der Waals surface area contributed by atoms with Crippen LogP contribution in [-0.4, -0.2) is 26.4 Å². The number of nitrogens with zero attached hydrogens (tertiary/aromatic N) is 6. The Morgan fingerprint density at radius 2 is 1.95 bits per heavy atom. The summed E-state index contributed by atoms with van der Waals surface area (Å²) in [5.74, 6) is 1.79. The van der Waals surface area contributed by atoms with Crippen molar-refractivity contribution in [1.82, 2.24) is 14.8 Å². The fourth-order valence-corrected chi connectivity index (χ4v) is 5.01. The molecular weight excluding hydrogens is 467 g/mol. The van der Waals surface area contributed by atoms with Crippen LogP contribution < -0.4 is 4.90 Å². The number of ketones is 1. The van der Waals surface area contributed by atoms with Gasteiger partial charge >= 0.3 is 0 Å². The van der Waals surface area contributed by atoms with Crippen LogP contribution in [0.3, 0.4) is 0 Å². The first kappa shape index (κ1) is 24.3. The number of Topliss-reactive ketones (excluding diaryl/α,β-unsaturated/α-hetero) is 1. The Labute approximate surface area is 215 Å². The van der Waals surface area contributed by atoms with E-state index in [9.17, 15) is 14.4 Å². The predicted octanol–water partition coefficient (Wildman–Crippen LogP) is 6.15. The molecule has 1 aromatic heterocycles. The van der Waals surface area contributed by atoms with E-state index < -0.39 is 0 Å². The molecule has 0 saturated carbocycles. The molecule has 0 aliphatic carbocycles. The van der Waals surface area contributed by atoms with Crippen LogP contribution in [0.5, 0.6) is 0 Å². The molecule has 0 radical (unpaired) electrons. The van der Waals surface area contributed by atoms with Crippen molar-refractivity contribution >= 4 is 23.0 Å². The fraction of sp³-hybridized carbons (Fsp3) is 0.276. The summed E-state index contributed by atoms with van der Waals surface area (Å²) < 4.78 is 15.5. The van der Waals surface area contributed by atoms with E-state index in [1.54, 1.807) is 6.07 Å². The number of fused-ring (bicyclic) bond motifs is 3. The molecule has 2 aliphatic heterocycles. The summed E-state index contributed by atoms with van der Waals surface area (Å²) in [6, 6.07) is 15.1. The van der Waals surface area contributed by atoms with E-state index >= 15 is 0 Å². The maximum atomic E-state index is 13.4. The Bertz CT molecular complexity index is 1510. The highest BCUT2D eigenvalue weighted by molar-refractivity contribution is 6.27. The number of nitriles is 1. The van der Waals surface area contributed by atoms with E-state index in [-0.39, 0.29) is 24.1 Å². The van der Waals surface area contributed by atoms with Crippen LogP contribution in [0, 0.1) is 24.1 Å². The van der Waals surface area contributed by atoms with Crippen molar-refractivity contribution in [3.8, 4) is 6.07 Å². The number of amidine groups is 1. The number of anilines is 1. The zero-order chi connectivity index (χ0) is 26.1. The Kier molecular flexibility index (Phi) is 6.53. The van der Waals surface area contributed by atoms with Crippen LogP contribution in [0.4, 0.5) is 10.1 Å². The fourth-order valence-electron chi connectivity index (χ4n) is 5.01. The third kappa shape index (κ3) is 4.38. The van der Waals surface area contributed by atoms with Crippen molar-refractivity contribution in [2.24, 2.45) is 4.99 Å². The average molecular weight is 495 g/mol. The molecule has 3 aromatic rings. The second kappa shape index (κ2) is 9.94. The topological polar surface area (TPSA) is 87.2 Å². The number of rotatable bonds is 6. The lowest BCUT2D eigenvalue weighted by Crippen LogP contribution is -2.42. The molecule has 0 N–H and O–H groups in total. The predicted molar refractivity (Wildman–Crippen MR) is 140 cm³/mol. The number of aromatic nitrogens is 3. The van der Waals surface area contributed by atoms with Crippen molar-refractivity contribution in [2.75, 3.05) is 4.90 Å². The summed E-state index contributed by atoms with van der Waals surface area (Å²) in [6.45, 7) is 6.06. The molecule has 0 amide bonds. The molecule has 7 nitrogen and oxygen atoms in total. The van der Waals surface area contributed by atoms with Gasteiger partial charge in [-0.05, 0) is 74.2 Å². The SMILES string of the molecule is CCC1=C(CC(=O)c2ccc(F)cc2)N=C2C(=CC1)n1c(C)nnc1C(CC)N2c1cccc(C#N)c1. The standard InChI is InChI=1S/C29H27FN6O/c1-4-20-11-14-26-28(32-24(20)16-27(37)21-9-12-22(30)13-10-21)36(23-8-6-7-19(15-23)17-31)25(5-2)29-34-33-18(3)35(26)29/h6-10,12-15,25H,4-5,11,16H2,1-3H3. The van der Waals surface area contributed by atoms with Crippen LogP contribution in [0.2, 0.25) is 0 Å². The largest absolute Gasteiger partial charge is 0.314 e. The molecular formula is C29H27FN6O. The van der Waals surface area contributed by atoms with Gasteiger partial charge in [-0.2, -0.15) is 5.26 Å². The lowest BCUT2D eigenvalue weighted by molar-refractivity contribution is 0.0992. The maximum Gasteiger partial charge on any atom is 0.168 e. The molecule has 1 atom stereocenters. The number of allylic oxidation sites excluding steroid dienone is 3. The lowest BCUT2D eigenvalue weighted by Gasteiger charge is -2.39. The van der Waals surface area contributed by atoms with Gasteiger partial charge in [0.05, 0.1) is 35.5 Å². The Hall–Kier alpha value is -4.38. The minimum absolute atomic E-state index is 0.107. The van der Waals surface area contributed by atoms with Crippen molar-refractivity contribution < 1.29 is 9.18 Å². The summed E-state index contributed by atoms with van der Waals surface area (Å²) in [7, 11) is 0. The smallest absolute Gasteiger partial charge is 0.168 e. The highest BCUT2D eigenvalue weighted by Crippen LogP contribution is 2.40. The van der Waals surface area contributed by atoms with Gasteiger partial charge in [-0.1, -0.05) is 26.0 Å². The van der Waals surface area contributed by atoms with Gasteiger partial charge in [0.25, 0.3) is 0 Å². The highest BCUT2D eigenvalue weighted by Gasteiger charge is 2.38. The first-order valence-corrected chi connectivity index (χ1v) is 12.5. The van der Waals surface area contributed by atoms with Gasteiger partial charge in [0, 0.05) is 11.3 Å². The van der Waals surface area contributed by atoms with Crippen molar-refractivity contribution in [3.63, 3.8) is 0 Å². The molecule has 2 aliphatic rings. The number of halogens is 1. The molecule has 8 heteroatoms. The second-order valence-electron chi connectivity index (χ2n) is 9.14. The van der Waals surface area contributed by atoms with Gasteiger partial charge in [0.2, 0.25) is 0 Å². The Morgan fingerprint density at radius 3 is 2.65 bits per heavy atom. The van der Waals surface area contributed by atoms with E-state index in [1.165, 1.54) is 24.3 Å². The monoisotopic (exact) mass is 494 g/mol.